The molecule has 0 aliphatic carbocycles. The molecule has 1 aromatic carbocycles. The highest BCUT2D eigenvalue weighted by Gasteiger charge is 2.01. The Morgan fingerprint density at radius 1 is 1.35 bits per heavy atom. The summed E-state index contributed by atoms with van der Waals surface area (Å²) in [5.74, 6) is 0.856. The fourth-order valence-electron chi connectivity index (χ4n) is 1.20. The Kier molecular flexibility index (Phi) is 6.43. The molecule has 0 spiro atoms. The second kappa shape index (κ2) is 7.92. The van der Waals surface area contributed by atoms with Gasteiger partial charge in [-0.25, -0.2) is 4.79 Å². The molecule has 5 heteroatoms. The van der Waals surface area contributed by atoms with Gasteiger partial charge in [0.25, 0.3) is 0 Å². The van der Waals surface area contributed by atoms with Crippen molar-refractivity contribution in [2.24, 2.45) is 0 Å². The van der Waals surface area contributed by atoms with Crippen molar-refractivity contribution in [3.8, 4) is 5.75 Å². The van der Waals surface area contributed by atoms with Gasteiger partial charge in [0, 0.05) is 19.0 Å². The first-order chi connectivity index (χ1) is 8.26. The fraction of sp³-hybridized carbons (Fsp3) is 0.417. The van der Waals surface area contributed by atoms with Gasteiger partial charge in [0.2, 0.25) is 0 Å². The summed E-state index contributed by atoms with van der Waals surface area (Å²) in [6.45, 7) is 1.48. The van der Waals surface area contributed by atoms with Gasteiger partial charge in [0.05, 0.1) is 7.11 Å². The molecular weight excluding hydrogens is 242 g/mol. The zero-order valence-corrected chi connectivity index (χ0v) is 10.5. The van der Waals surface area contributed by atoms with E-state index in [9.17, 15) is 4.79 Å². The highest BCUT2D eigenvalue weighted by atomic mass is 35.5. The number of carbonyl (C=O) groups is 1. The minimum atomic E-state index is -0.391. The molecule has 0 amide bonds. The van der Waals surface area contributed by atoms with E-state index < -0.39 is 5.97 Å². The molecule has 4 nitrogen and oxygen atoms in total. The maximum atomic E-state index is 10.9. The lowest BCUT2D eigenvalue weighted by Gasteiger charge is -2.06. The predicted molar refractivity (Wildman–Crippen MR) is 66.4 cm³/mol. The number of rotatable bonds is 7. The first-order valence-corrected chi connectivity index (χ1v) is 5.85. The molecule has 94 valence electrons. The molecule has 1 rings (SSSR count). The standard InChI is InChI=1S/C12H16ClNO3/c1-16-12(15)9-17-11-4-2-10(3-5-11)8-14-7-6-13/h2-5,14H,6-9H2,1H3. The van der Waals surface area contributed by atoms with Crippen LogP contribution in [0.4, 0.5) is 0 Å². The smallest absolute Gasteiger partial charge is 0.343 e. The summed E-state index contributed by atoms with van der Waals surface area (Å²) in [5.41, 5.74) is 1.14. The molecule has 0 unspecified atom stereocenters. The van der Waals surface area contributed by atoms with Crippen LogP contribution in [0, 0.1) is 0 Å². The maximum Gasteiger partial charge on any atom is 0.343 e. The van der Waals surface area contributed by atoms with Gasteiger partial charge in [-0.1, -0.05) is 12.1 Å². The van der Waals surface area contributed by atoms with Crippen LogP contribution in [0.3, 0.4) is 0 Å². The van der Waals surface area contributed by atoms with Crippen LogP contribution in [0.2, 0.25) is 0 Å². The summed E-state index contributed by atoms with van der Waals surface area (Å²) in [7, 11) is 1.33. The van der Waals surface area contributed by atoms with E-state index in [-0.39, 0.29) is 6.61 Å². The number of ether oxygens (including phenoxy) is 2. The molecule has 0 bridgehead atoms. The van der Waals surface area contributed by atoms with E-state index in [2.05, 4.69) is 10.1 Å². The maximum absolute atomic E-state index is 10.9. The molecule has 17 heavy (non-hydrogen) atoms. The first-order valence-electron chi connectivity index (χ1n) is 5.31. The SMILES string of the molecule is COC(=O)COc1ccc(CNCCCl)cc1. The molecule has 0 atom stereocenters. The number of methoxy groups -OCH3 is 1. The Balaban J connectivity index is 2.36. The minimum absolute atomic E-state index is 0.0691. The highest BCUT2D eigenvalue weighted by Crippen LogP contribution is 2.11. The number of hydrogen-bond acceptors (Lipinski definition) is 4. The van der Waals surface area contributed by atoms with Gasteiger partial charge in [0.1, 0.15) is 5.75 Å². The second-order valence-electron chi connectivity index (χ2n) is 3.37. The number of hydrogen-bond donors (Lipinski definition) is 1. The number of nitrogens with one attached hydrogen (secondary N) is 1. The Hall–Kier alpha value is -1.26. The van der Waals surface area contributed by atoms with Gasteiger partial charge in [-0.3, -0.25) is 0 Å². The van der Waals surface area contributed by atoms with E-state index in [4.69, 9.17) is 16.3 Å². The van der Waals surface area contributed by atoms with E-state index in [0.29, 0.717) is 11.6 Å². The minimum Gasteiger partial charge on any atom is -0.482 e. The average Bonchev–Trinajstić information content (AvgIpc) is 2.37. The average molecular weight is 258 g/mol. The van der Waals surface area contributed by atoms with Crippen LogP contribution in [0.5, 0.6) is 5.75 Å². The van der Waals surface area contributed by atoms with E-state index in [0.717, 1.165) is 18.7 Å². The Bertz CT molecular complexity index is 340. The van der Waals surface area contributed by atoms with Crippen molar-refractivity contribution in [3.63, 3.8) is 0 Å². The molecular formula is C12H16ClNO3. The Morgan fingerprint density at radius 3 is 2.65 bits per heavy atom. The Morgan fingerprint density at radius 2 is 2.06 bits per heavy atom. The quantitative estimate of drug-likeness (QED) is 0.458. The monoisotopic (exact) mass is 257 g/mol. The van der Waals surface area contributed by atoms with Crippen molar-refractivity contribution in [3.05, 3.63) is 29.8 Å². The van der Waals surface area contributed by atoms with Gasteiger partial charge in [0.15, 0.2) is 6.61 Å². The normalized spacial score (nSPS) is 10.0. The van der Waals surface area contributed by atoms with Gasteiger partial charge < -0.3 is 14.8 Å². The van der Waals surface area contributed by atoms with Crippen LogP contribution < -0.4 is 10.1 Å². The van der Waals surface area contributed by atoms with Crippen LogP contribution in [-0.4, -0.2) is 32.1 Å². The molecule has 0 aliphatic heterocycles. The van der Waals surface area contributed by atoms with Crippen molar-refractivity contribution in [2.45, 2.75) is 6.54 Å². The molecule has 0 aromatic heterocycles. The summed E-state index contributed by atoms with van der Waals surface area (Å²) in [6, 6.07) is 7.52. The van der Waals surface area contributed by atoms with Gasteiger partial charge in [-0.2, -0.15) is 0 Å². The fourth-order valence-corrected chi connectivity index (χ4v) is 1.34. The summed E-state index contributed by atoms with van der Waals surface area (Å²) in [4.78, 5) is 10.9. The summed E-state index contributed by atoms with van der Waals surface area (Å²) < 4.78 is 9.70. The third kappa shape index (κ3) is 5.56. The number of alkyl halides is 1. The predicted octanol–water partition coefficient (Wildman–Crippen LogP) is 1.57. The third-order valence-corrected chi connectivity index (χ3v) is 2.30. The summed E-state index contributed by atoms with van der Waals surface area (Å²) in [5, 5.41) is 3.18. The molecule has 0 fully saturated rings. The number of halogens is 1. The van der Waals surface area contributed by atoms with Crippen LogP contribution >= 0.6 is 11.6 Å². The number of benzene rings is 1. The molecule has 0 aliphatic rings. The van der Waals surface area contributed by atoms with E-state index >= 15 is 0 Å². The molecule has 1 aromatic rings. The molecule has 0 heterocycles. The van der Waals surface area contributed by atoms with Crippen molar-refractivity contribution < 1.29 is 14.3 Å². The highest BCUT2D eigenvalue weighted by molar-refractivity contribution is 6.18. The third-order valence-electron chi connectivity index (χ3n) is 2.11. The van der Waals surface area contributed by atoms with E-state index in [1.54, 1.807) is 0 Å². The molecule has 0 saturated carbocycles. The zero-order valence-electron chi connectivity index (χ0n) is 9.74. The van der Waals surface area contributed by atoms with Gasteiger partial charge >= 0.3 is 5.97 Å². The second-order valence-corrected chi connectivity index (χ2v) is 3.75. The van der Waals surface area contributed by atoms with Gasteiger partial charge in [-0.15, -0.1) is 11.6 Å². The van der Waals surface area contributed by atoms with E-state index in [1.165, 1.54) is 7.11 Å². The van der Waals surface area contributed by atoms with E-state index in [1.807, 2.05) is 24.3 Å². The molecule has 1 N–H and O–H groups in total. The first kappa shape index (κ1) is 13.8. The largest absolute Gasteiger partial charge is 0.482 e. The molecule has 0 saturated heterocycles. The lowest BCUT2D eigenvalue weighted by molar-refractivity contribution is -0.142. The van der Waals surface area contributed by atoms with Crippen LogP contribution in [0.25, 0.3) is 0 Å². The number of esters is 1. The van der Waals surface area contributed by atoms with Crippen LogP contribution in [0.15, 0.2) is 24.3 Å². The van der Waals surface area contributed by atoms with Crippen molar-refractivity contribution in [1.82, 2.24) is 5.32 Å². The van der Waals surface area contributed by atoms with Crippen LogP contribution in [0.1, 0.15) is 5.56 Å². The summed E-state index contributed by atoms with van der Waals surface area (Å²) >= 11 is 5.55. The molecule has 0 radical (unpaired) electrons. The summed E-state index contributed by atoms with van der Waals surface area (Å²) in [6.07, 6.45) is 0. The number of carbonyl (C=O) groups excluding carboxylic acids is 1. The zero-order chi connectivity index (χ0) is 12.5. The lowest BCUT2D eigenvalue weighted by Crippen LogP contribution is -2.15. The van der Waals surface area contributed by atoms with Crippen molar-refractivity contribution in [2.75, 3.05) is 26.1 Å². The van der Waals surface area contributed by atoms with Crippen LogP contribution in [-0.2, 0) is 16.1 Å². The lowest BCUT2D eigenvalue weighted by atomic mass is 10.2. The Labute approximate surface area is 106 Å². The van der Waals surface area contributed by atoms with Crippen molar-refractivity contribution >= 4 is 17.6 Å². The van der Waals surface area contributed by atoms with Gasteiger partial charge in [-0.05, 0) is 17.7 Å². The topological polar surface area (TPSA) is 47.6 Å². The van der Waals surface area contributed by atoms with Crippen molar-refractivity contribution in [1.29, 1.82) is 0 Å².